The van der Waals surface area contributed by atoms with Crippen molar-refractivity contribution in [2.75, 3.05) is 26.4 Å². The van der Waals surface area contributed by atoms with Gasteiger partial charge in [0.15, 0.2) is 0 Å². The molecule has 0 spiro atoms. The molecule has 138 valence electrons. The van der Waals surface area contributed by atoms with E-state index in [1.54, 1.807) is 11.6 Å². The first-order valence-electron chi connectivity index (χ1n) is 10.0. The zero-order chi connectivity index (χ0) is 17.6. The molecule has 3 aliphatic carbocycles. The number of aryl methyl sites for hydroxylation is 1. The van der Waals surface area contributed by atoms with Gasteiger partial charge in [0.05, 0.1) is 19.8 Å². The quantitative estimate of drug-likeness (QED) is 0.408. The van der Waals surface area contributed by atoms with Crippen LogP contribution in [-0.4, -0.2) is 26.4 Å². The molecule has 4 rings (SSSR count). The van der Waals surface area contributed by atoms with Gasteiger partial charge in [-0.3, -0.25) is 0 Å². The van der Waals surface area contributed by atoms with Gasteiger partial charge in [-0.05, 0) is 74.7 Å². The van der Waals surface area contributed by atoms with Gasteiger partial charge in [0, 0.05) is 6.61 Å². The molecule has 2 nitrogen and oxygen atoms in total. The van der Waals surface area contributed by atoms with Crippen LogP contribution in [0.2, 0.25) is 0 Å². The summed E-state index contributed by atoms with van der Waals surface area (Å²) in [7, 11) is 0. The van der Waals surface area contributed by atoms with Crippen LogP contribution in [-0.2, 0) is 14.9 Å². The highest BCUT2D eigenvalue weighted by molar-refractivity contribution is 5.31. The Labute approximate surface area is 153 Å². The number of hydrogen-bond acceptors (Lipinski definition) is 2. The molecule has 1 aromatic carbocycles. The molecule has 3 aliphatic rings. The Morgan fingerprint density at radius 3 is 2.20 bits per heavy atom. The highest BCUT2D eigenvalue weighted by atomic mass is 16.5. The van der Waals surface area contributed by atoms with Crippen LogP contribution in [0.5, 0.6) is 0 Å². The summed E-state index contributed by atoms with van der Waals surface area (Å²) >= 11 is 0. The Morgan fingerprint density at radius 2 is 1.56 bits per heavy atom. The van der Waals surface area contributed by atoms with Gasteiger partial charge in [0.2, 0.25) is 0 Å². The molecule has 0 N–H and O–H groups in total. The van der Waals surface area contributed by atoms with Gasteiger partial charge in [0.25, 0.3) is 0 Å². The van der Waals surface area contributed by atoms with Crippen LogP contribution >= 0.6 is 0 Å². The SMILES string of the molecule is C=CCOCCOCCCC12CCC(c3ccc(C)cc3)(CC1)CC2. The summed E-state index contributed by atoms with van der Waals surface area (Å²) in [6.07, 6.45) is 12.7. The van der Waals surface area contributed by atoms with Crippen molar-refractivity contribution in [3.63, 3.8) is 0 Å². The second kappa shape index (κ2) is 8.51. The summed E-state index contributed by atoms with van der Waals surface area (Å²) in [5.41, 5.74) is 4.05. The van der Waals surface area contributed by atoms with Gasteiger partial charge in [0.1, 0.15) is 0 Å². The third-order valence-electron chi connectivity index (χ3n) is 6.67. The molecular formula is C23H34O2. The summed E-state index contributed by atoms with van der Waals surface area (Å²) in [6, 6.07) is 9.35. The number of fused-ring (bicyclic) bond motifs is 3. The molecule has 25 heavy (non-hydrogen) atoms. The van der Waals surface area contributed by atoms with E-state index in [4.69, 9.17) is 9.47 Å². The minimum absolute atomic E-state index is 0.481. The number of benzene rings is 1. The van der Waals surface area contributed by atoms with Crippen molar-refractivity contribution in [1.82, 2.24) is 0 Å². The van der Waals surface area contributed by atoms with Gasteiger partial charge < -0.3 is 9.47 Å². The van der Waals surface area contributed by atoms with E-state index in [1.807, 2.05) is 0 Å². The summed E-state index contributed by atoms with van der Waals surface area (Å²) in [5, 5.41) is 0. The van der Waals surface area contributed by atoms with Crippen LogP contribution in [0.1, 0.15) is 62.5 Å². The summed E-state index contributed by atoms with van der Waals surface area (Å²) in [5.74, 6) is 0. The average Bonchev–Trinajstić information content (AvgIpc) is 2.66. The minimum atomic E-state index is 0.481. The summed E-state index contributed by atoms with van der Waals surface area (Å²) in [6.45, 7) is 8.71. The Bertz CT molecular complexity index is 521. The molecule has 0 radical (unpaired) electrons. The second-order valence-corrected chi connectivity index (χ2v) is 8.23. The lowest BCUT2D eigenvalue weighted by Gasteiger charge is -2.54. The van der Waals surface area contributed by atoms with E-state index >= 15 is 0 Å². The van der Waals surface area contributed by atoms with E-state index in [9.17, 15) is 0 Å². The molecule has 0 saturated heterocycles. The molecule has 3 saturated carbocycles. The maximum Gasteiger partial charge on any atom is 0.0704 e. The van der Waals surface area contributed by atoms with Crippen LogP contribution in [0.3, 0.4) is 0 Å². The van der Waals surface area contributed by atoms with E-state index in [0.29, 0.717) is 30.7 Å². The molecule has 0 aromatic heterocycles. The lowest BCUT2D eigenvalue weighted by molar-refractivity contribution is 0.0156. The predicted molar refractivity (Wildman–Crippen MR) is 104 cm³/mol. The fourth-order valence-corrected chi connectivity index (χ4v) is 4.91. The second-order valence-electron chi connectivity index (χ2n) is 8.23. The highest BCUT2D eigenvalue weighted by Gasteiger charge is 2.48. The van der Waals surface area contributed by atoms with Crippen molar-refractivity contribution >= 4 is 0 Å². The maximum atomic E-state index is 5.71. The summed E-state index contributed by atoms with van der Waals surface area (Å²) in [4.78, 5) is 0. The molecule has 0 unspecified atom stereocenters. The van der Waals surface area contributed by atoms with E-state index in [2.05, 4.69) is 37.8 Å². The first-order valence-corrected chi connectivity index (χ1v) is 10.0. The fraction of sp³-hybridized carbons (Fsp3) is 0.652. The van der Waals surface area contributed by atoms with E-state index in [-0.39, 0.29) is 0 Å². The predicted octanol–water partition coefficient (Wildman–Crippen LogP) is 5.59. The van der Waals surface area contributed by atoms with Crippen LogP contribution in [0.15, 0.2) is 36.9 Å². The standard InChI is InChI=1S/C23H34O2/c1-3-16-24-18-19-25-17-4-9-22-10-13-23(14-11-22,15-12-22)21-7-5-20(2)6-8-21/h3,5-8H,1,4,9-19H2,2H3. The Morgan fingerprint density at radius 1 is 0.920 bits per heavy atom. The van der Waals surface area contributed by atoms with Gasteiger partial charge in [-0.2, -0.15) is 0 Å². The van der Waals surface area contributed by atoms with E-state index in [1.165, 1.54) is 56.9 Å². The number of hydrogen-bond donors (Lipinski definition) is 0. The van der Waals surface area contributed by atoms with Crippen molar-refractivity contribution in [3.8, 4) is 0 Å². The van der Waals surface area contributed by atoms with Gasteiger partial charge in [-0.15, -0.1) is 6.58 Å². The van der Waals surface area contributed by atoms with Crippen LogP contribution in [0.4, 0.5) is 0 Å². The molecule has 2 heteroatoms. The first-order chi connectivity index (χ1) is 12.2. The van der Waals surface area contributed by atoms with Crippen LogP contribution in [0, 0.1) is 12.3 Å². The molecule has 0 atom stereocenters. The lowest BCUT2D eigenvalue weighted by atomic mass is 9.51. The molecule has 0 amide bonds. The smallest absolute Gasteiger partial charge is 0.0704 e. The molecule has 1 aromatic rings. The number of rotatable bonds is 10. The number of ether oxygens (including phenoxy) is 2. The van der Waals surface area contributed by atoms with Gasteiger partial charge in [-0.1, -0.05) is 35.9 Å². The van der Waals surface area contributed by atoms with Gasteiger partial charge >= 0.3 is 0 Å². The maximum absolute atomic E-state index is 5.71. The van der Waals surface area contributed by atoms with Crippen molar-refractivity contribution in [2.45, 2.75) is 63.7 Å². The third kappa shape index (κ3) is 4.54. The van der Waals surface area contributed by atoms with Crippen molar-refractivity contribution in [3.05, 3.63) is 48.0 Å². The molecule has 3 fully saturated rings. The Balaban J connectivity index is 1.40. The Kier molecular flexibility index (Phi) is 6.35. The lowest BCUT2D eigenvalue weighted by Crippen LogP contribution is -2.44. The monoisotopic (exact) mass is 342 g/mol. The normalized spacial score (nSPS) is 28.2. The molecule has 2 bridgehead atoms. The van der Waals surface area contributed by atoms with Gasteiger partial charge in [-0.25, -0.2) is 0 Å². The molecule has 0 aliphatic heterocycles. The van der Waals surface area contributed by atoms with Crippen molar-refractivity contribution < 1.29 is 9.47 Å². The van der Waals surface area contributed by atoms with E-state index < -0.39 is 0 Å². The van der Waals surface area contributed by atoms with Crippen LogP contribution in [0.25, 0.3) is 0 Å². The molecular weight excluding hydrogens is 308 g/mol. The minimum Gasteiger partial charge on any atom is -0.379 e. The van der Waals surface area contributed by atoms with E-state index in [0.717, 1.165) is 6.61 Å². The average molecular weight is 343 g/mol. The van der Waals surface area contributed by atoms with Crippen molar-refractivity contribution in [2.24, 2.45) is 5.41 Å². The van der Waals surface area contributed by atoms with Crippen molar-refractivity contribution in [1.29, 1.82) is 0 Å². The molecule has 0 heterocycles. The zero-order valence-electron chi connectivity index (χ0n) is 15.9. The first kappa shape index (κ1) is 18.7. The zero-order valence-corrected chi connectivity index (χ0v) is 15.9. The highest BCUT2D eigenvalue weighted by Crippen LogP contribution is 2.59. The summed E-state index contributed by atoms with van der Waals surface area (Å²) < 4.78 is 11.1. The largest absolute Gasteiger partial charge is 0.379 e. The van der Waals surface area contributed by atoms with Crippen LogP contribution < -0.4 is 0 Å². The fourth-order valence-electron chi connectivity index (χ4n) is 4.91. The topological polar surface area (TPSA) is 18.5 Å². The Hall–Kier alpha value is -1.12. The third-order valence-corrected chi connectivity index (χ3v) is 6.67.